The highest BCUT2D eigenvalue weighted by atomic mass is 32.2. The van der Waals surface area contributed by atoms with Crippen molar-refractivity contribution in [2.45, 2.75) is 39.7 Å². The molecule has 0 radical (unpaired) electrons. The van der Waals surface area contributed by atoms with Gasteiger partial charge in [0, 0.05) is 0 Å². The Morgan fingerprint density at radius 2 is 1.91 bits per heavy atom. The third-order valence-corrected chi connectivity index (χ3v) is 6.08. The van der Waals surface area contributed by atoms with Gasteiger partial charge in [-0.3, -0.25) is 4.79 Å². The van der Waals surface area contributed by atoms with Gasteiger partial charge in [-0.05, 0) is 29.9 Å². The minimum atomic E-state index is -3.03. The summed E-state index contributed by atoms with van der Waals surface area (Å²) in [6.45, 7) is 6.23. The number of carbonyl (C=O) groups excluding carboxylic acids is 1. The minimum absolute atomic E-state index is 0.0155. The SMILES string of the molecule is CCc1ccc(C(NC(=O)C2CCS(=O)(=O)C2)C(C)C)cc1. The van der Waals surface area contributed by atoms with E-state index in [1.54, 1.807) is 0 Å². The monoisotopic (exact) mass is 323 g/mol. The Balaban J connectivity index is 2.10. The fourth-order valence-electron chi connectivity index (χ4n) is 2.87. The van der Waals surface area contributed by atoms with Gasteiger partial charge in [0.05, 0.1) is 23.5 Å². The summed E-state index contributed by atoms with van der Waals surface area (Å²) >= 11 is 0. The van der Waals surface area contributed by atoms with Crippen molar-refractivity contribution in [1.82, 2.24) is 5.32 Å². The summed E-state index contributed by atoms with van der Waals surface area (Å²) in [4.78, 5) is 12.4. The molecule has 0 aliphatic carbocycles. The summed E-state index contributed by atoms with van der Waals surface area (Å²) in [5, 5.41) is 3.05. The van der Waals surface area contributed by atoms with E-state index in [9.17, 15) is 13.2 Å². The first-order valence-corrected chi connectivity index (χ1v) is 9.74. The van der Waals surface area contributed by atoms with Crippen molar-refractivity contribution in [3.05, 3.63) is 35.4 Å². The maximum atomic E-state index is 12.4. The number of rotatable bonds is 5. The highest BCUT2D eigenvalue weighted by Crippen LogP contribution is 2.25. The van der Waals surface area contributed by atoms with E-state index in [1.807, 2.05) is 0 Å². The van der Waals surface area contributed by atoms with Gasteiger partial charge in [-0.15, -0.1) is 0 Å². The van der Waals surface area contributed by atoms with Gasteiger partial charge in [0.25, 0.3) is 0 Å². The van der Waals surface area contributed by atoms with Crippen molar-refractivity contribution in [2.75, 3.05) is 11.5 Å². The Labute approximate surface area is 133 Å². The predicted molar refractivity (Wildman–Crippen MR) is 88.3 cm³/mol. The van der Waals surface area contributed by atoms with Crippen LogP contribution in [0.25, 0.3) is 0 Å². The fraction of sp³-hybridized carbons (Fsp3) is 0.588. The van der Waals surface area contributed by atoms with Gasteiger partial charge >= 0.3 is 0 Å². The standard InChI is InChI=1S/C17H25NO3S/c1-4-13-5-7-14(8-6-13)16(12(2)3)18-17(19)15-9-10-22(20,21)11-15/h5-8,12,15-16H,4,9-11H2,1-3H3,(H,18,19). The number of carbonyl (C=O) groups is 1. The molecule has 0 aromatic heterocycles. The molecule has 4 nitrogen and oxygen atoms in total. The van der Waals surface area contributed by atoms with E-state index in [0.29, 0.717) is 6.42 Å². The van der Waals surface area contributed by atoms with Crippen LogP contribution in [0.2, 0.25) is 0 Å². The molecule has 1 heterocycles. The van der Waals surface area contributed by atoms with E-state index >= 15 is 0 Å². The Hall–Kier alpha value is -1.36. The van der Waals surface area contributed by atoms with Gasteiger partial charge in [0.2, 0.25) is 5.91 Å². The lowest BCUT2D eigenvalue weighted by atomic mass is 9.94. The average molecular weight is 323 g/mol. The highest BCUT2D eigenvalue weighted by Gasteiger charge is 2.34. The summed E-state index contributed by atoms with van der Waals surface area (Å²) in [6, 6.07) is 8.18. The van der Waals surface area contributed by atoms with Crippen LogP contribution in [0, 0.1) is 11.8 Å². The molecule has 0 saturated carbocycles. The van der Waals surface area contributed by atoms with Crippen molar-refractivity contribution in [1.29, 1.82) is 0 Å². The number of nitrogens with one attached hydrogen (secondary N) is 1. The van der Waals surface area contributed by atoms with Gasteiger partial charge in [-0.1, -0.05) is 45.0 Å². The zero-order chi connectivity index (χ0) is 16.3. The quantitative estimate of drug-likeness (QED) is 0.905. The van der Waals surface area contributed by atoms with E-state index in [4.69, 9.17) is 0 Å². The molecule has 1 aromatic rings. The lowest BCUT2D eigenvalue weighted by Crippen LogP contribution is -2.36. The van der Waals surface area contributed by atoms with E-state index < -0.39 is 15.8 Å². The molecule has 2 rings (SSSR count). The number of sulfone groups is 1. The molecule has 2 unspecified atom stereocenters. The maximum absolute atomic E-state index is 12.4. The lowest BCUT2D eigenvalue weighted by Gasteiger charge is -2.24. The van der Waals surface area contributed by atoms with Gasteiger partial charge < -0.3 is 5.32 Å². The Bertz CT molecular complexity index is 620. The van der Waals surface area contributed by atoms with E-state index in [-0.39, 0.29) is 29.4 Å². The number of benzene rings is 1. The lowest BCUT2D eigenvalue weighted by molar-refractivity contribution is -0.125. The molecule has 1 fully saturated rings. The van der Waals surface area contributed by atoms with Crippen LogP contribution in [0.5, 0.6) is 0 Å². The molecular formula is C17H25NO3S. The van der Waals surface area contributed by atoms with Crippen LogP contribution in [0.3, 0.4) is 0 Å². The summed E-state index contributed by atoms with van der Waals surface area (Å²) in [6.07, 6.45) is 1.42. The van der Waals surface area contributed by atoms with E-state index in [0.717, 1.165) is 12.0 Å². The number of hydrogen-bond acceptors (Lipinski definition) is 3. The van der Waals surface area contributed by atoms with Crippen molar-refractivity contribution >= 4 is 15.7 Å². The average Bonchev–Trinajstić information content (AvgIpc) is 2.84. The van der Waals surface area contributed by atoms with Crippen molar-refractivity contribution in [2.24, 2.45) is 11.8 Å². The van der Waals surface area contributed by atoms with Crippen LogP contribution < -0.4 is 5.32 Å². The second kappa shape index (κ2) is 6.82. The predicted octanol–water partition coefficient (Wildman–Crippen LogP) is 2.50. The molecule has 2 atom stereocenters. The molecule has 0 spiro atoms. The van der Waals surface area contributed by atoms with Gasteiger partial charge in [-0.2, -0.15) is 0 Å². The summed E-state index contributed by atoms with van der Waals surface area (Å²) < 4.78 is 23.1. The third kappa shape index (κ3) is 4.09. The van der Waals surface area contributed by atoms with Crippen LogP contribution in [-0.2, 0) is 21.1 Å². The molecule has 22 heavy (non-hydrogen) atoms. The number of aryl methyl sites for hydroxylation is 1. The Morgan fingerprint density at radius 1 is 1.27 bits per heavy atom. The largest absolute Gasteiger partial charge is 0.349 e. The van der Waals surface area contributed by atoms with Crippen LogP contribution in [0.15, 0.2) is 24.3 Å². The summed E-state index contributed by atoms with van der Waals surface area (Å²) in [7, 11) is -3.03. The van der Waals surface area contributed by atoms with Crippen molar-refractivity contribution in [3.8, 4) is 0 Å². The van der Waals surface area contributed by atoms with E-state index in [2.05, 4.69) is 50.4 Å². The summed E-state index contributed by atoms with van der Waals surface area (Å²) in [5.74, 6) is -0.184. The molecule has 1 N–H and O–H groups in total. The molecule has 1 aromatic carbocycles. The van der Waals surface area contributed by atoms with Gasteiger partial charge in [-0.25, -0.2) is 8.42 Å². The second-order valence-corrected chi connectivity index (χ2v) is 8.65. The van der Waals surface area contributed by atoms with Crippen molar-refractivity contribution < 1.29 is 13.2 Å². The first kappa shape index (κ1) is 17.0. The zero-order valence-electron chi connectivity index (χ0n) is 13.5. The third-order valence-electron chi connectivity index (χ3n) is 4.31. The minimum Gasteiger partial charge on any atom is -0.349 e. The molecule has 1 amide bonds. The second-order valence-electron chi connectivity index (χ2n) is 6.43. The molecule has 1 aliphatic rings. The molecule has 0 bridgehead atoms. The molecule has 1 aliphatic heterocycles. The number of hydrogen-bond donors (Lipinski definition) is 1. The maximum Gasteiger partial charge on any atom is 0.224 e. The van der Waals surface area contributed by atoms with Crippen LogP contribution in [-0.4, -0.2) is 25.8 Å². The first-order chi connectivity index (χ1) is 10.3. The van der Waals surface area contributed by atoms with Crippen molar-refractivity contribution in [3.63, 3.8) is 0 Å². The smallest absolute Gasteiger partial charge is 0.224 e. The zero-order valence-corrected chi connectivity index (χ0v) is 14.3. The molecular weight excluding hydrogens is 298 g/mol. The molecule has 122 valence electrons. The van der Waals surface area contributed by atoms with Gasteiger partial charge in [0.1, 0.15) is 0 Å². The fourth-order valence-corrected chi connectivity index (χ4v) is 4.61. The molecule has 5 heteroatoms. The Morgan fingerprint density at radius 3 is 2.36 bits per heavy atom. The number of amides is 1. The first-order valence-electron chi connectivity index (χ1n) is 7.92. The van der Waals surface area contributed by atoms with Gasteiger partial charge in [0.15, 0.2) is 9.84 Å². The normalized spacial score (nSPS) is 21.7. The van der Waals surface area contributed by atoms with Crippen LogP contribution in [0.4, 0.5) is 0 Å². The molecule has 1 saturated heterocycles. The summed E-state index contributed by atoms with van der Waals surface area (Å²) in [5.41, 5.74) is 2.33. The van der Waals surface area contributed by atoms with E-state index in [1.165, 1.54) is 5.56 Å². The Kier molecular flexibility index (Phi) is 5.27. The topological polar surface area (TPSA) is 63.2 Å². The highest BCUT2D eigenvalue weighted by molar-refractivity contribution is 7.91. The van der Waals surface area contributed by atoms with Crippen LogP contribution >= 0.6 is 0 Å². The van der Waals surface area contributed by atoms with Crippen LogP contribution in [0.1, 0.15) is 44.4 Å².